The highest BCUT2D eigenvalue weighted by molar-refractivity contribution is 7.54. The Bertz CT molecular complexity index is 750. The summed E-state index contributed by atoms with van der Waals surface area (Å²) in [6.45, 7) is 7.22. The maximum atomic E-state index is 13.7. The molecule has 1 unspecified atom stereocenters. The first-order valence-corrected chi connectivity index (χ1v) is 10.5. The van der Waals surface area contributed by atoms with Crippen LogP contribution in [-0.4, -0.2) is 17.3 Å². The van der Waals surface area contributed by atoms with Crippen LogP contribution >= 0.6 is 19.2 Å². The van der Waals surface area contributed by atoms with Crippen molar-refractivity contribution in [2.75, 3.05) is 5.32 Å². The zero-order chi connectivity index (χ0) is 19.3. The van der Waals surface area contributed by atoms with E-state index in [2.05, 4.69) is 5.32 Å². The van der Waals surface area contributed by atoms with Crippen LogP contribution in [0, 0.1) is 0 Å². The first kappa shape index (κ1) is 20.8. The number of hydrogen-bond acceptors (Lipinski definition) is 5. The fourth-order valence-corrected chi connectivity index (χ4v) is 4.95. The molecule has 0 radical (unpaired) electrons. The summed E-state index contributed by atoms with van der Waals surface area (Å²) in [5.74, 6) is -0.664. The zero-order valence-corrected chi connectivity index (χ0v) is 17.0. The van der Waals surface area contributed by atoms with Gasteiger partial charge in [0, 0.05) is 0 Å². The van der Waals surface area contributed by atoms with E-state index in [1.165, 1.54) is 12.1 Å². The van der Waals surface area contributed by atoms with E-state index >= 15 is 0 Å². The molecule has 0 spiro atoms. The standard InChI is InChI=1S/C19H25ClNO4P/c1-13(2)24-26(23,25-14(3)4)19(15-9-11-16(22)12-10-15)21-18-8-6-5-7-17(18)20/h5-14,19,21-22H,1-4H3. The van der Waals surface area contributed by atoms with E-state index in [1.807, 2.05) is 12.1 Å². The van der Waals surface area contributed by atoms with Gasteiger partial charge in [-0.15, -0.1) is 0 Å². The molecule has 2 aromatic rings. The molecule has 0 saturated carbocycles. The van der Waals surface area contributed by atoms with Gasteiger partial charge in [0.25, 0.3) is 0 Å². The van der Waals surface area contributed by atoms with E-state index in [1.54, 1.807) is 52.0 Å². The van der Waals surface area contributed by atoms with Crippen LogP contribution < -0.4 is 5.32 Å². The zero-order valence-electron chi connectivity index (χ0n) is 15.3. The molecule has 0 amide bonds. The molecule has 5 nitrogen and oxygen atoms in total. The van der Waals surface area contributed by atoms with Crippen LogP contribution in [0.3, 0.4) is 0 Å². The number of rotatable bonds is 8. The van der Waals surface area contributed by atoms with E-state index in [-0.39, 0.29) is 18.0 Å². The lowest BCUT2D eigenvalue weighted by Gasteiger charge is -2.31. The highest BCUT2D eigenvalue weighted by Gasteiger charge is 2.39. The molecule has 0 aromatic heterocycles. The number of halogens is 1. The summed E-state index contributed by atoms with van der Waals surface area (Å²) in [4.78, 5) is 0. The van der Waals surface area contributed by atoms with Crippen molar-refractivity contribution >= 4 is 24.9 Å². The maximum Gasteiger partial charge on any atom is 0.357 e. The summed E-state index contributed by atoms with van der Waals surface area (Å²) in [6, 6.07) is 13.6. The summed E-state index contributed by atoms with van der Waals surface area (Å²) in [7, 11) is -3.62. The SMILES string of the molecule is CC(C)OP(=O)(OC(C)C)C(Nc1ccccc1Cl)c1ccc(O)cc1. The van der Waals surface area contributed by atoms with Gasteiger partial charge in [-0.25, -0.2) is 0 Å². The molecule has 0 saturated heterocycles. The Balaban J connectivity index is 2.51. The van der Waals surface area contributed by atoms with Crippen LogP contribution in [-0.2, 0) is 13.6 Å². The quantitative estimate of drug-likeness (QED) is 0.519. The second-order valence-electron chi connectivity index (χ2n) is 6.47. The smallest absolute Gasteiger partial charge is 0.357 e. The molecular weight excluding hydrogens is 373 g/mol. The van der Waals surface area contributed by atoms with Crippen molar-refractivity contribution in [3.05, 3.63) is 59.1 Å². The van der Waals surface area contributed by atoms with Crippen LogP contribution in [0.15, 0.2) is 48.5 Å². The Hall–Kier alpha value is -1.52. The first-order chi connectivity index (χ1) is 12.2. The number of benzene rings is 2. The van der Waals surface area contributed by atoms with E-state index in [4.69, 9.17) is 20.6 Å². The van der Waals surface area contributed by atoms with Crippen LogP contribution in [0.4, 0.5) is 5.69 Å². The predicted molar refractivity (Wildman–Crippen MR) is 106 cm³/mol. The van der Waals surface area contributed by atoms with Crippen molar-refractivity contribution < 1.29 is 18.7 Å². The number of hydrogen-bond donors (Lipinski definition) is 2. The van der Waals surface area contributed by atoms with E-state index in [9.17, 15) is 9.67 Å². The van der Waals surface area contributed by atoms with Crippen molar-refractivity contribution in [3.8, 4) is 5.75 Å². The minimum absolute atomic E-state index is 0.120. The number of anilines is 1. The van der Waals surface area contributed by atoms with Gasteiger partial charge >= 0.3 is 7.60 Å². The van der Waals surface area contributed by atoms with E-state index in [0.717, 1.165) is 0 Å². The maximum absolute atomic E-state index is 13.7. The molecule has 142 valence electrons. The second kappa shape index (κ2) is 8.92. The molecule has 7 heteroatoms. The van der Waals surface area contributed by atoms with Gasteiger partial charge in [0.05, 0.1) is 22.9 Å². The number of aromatic hydroxyl groups is 1. The van der Waals surface area contributed by atoms with Gasteiger partial charge in [0.15, 0.2) is 5.78 Å². The molecule has 2 N–H and O–H groups in total. The van der Waals surface area contributed by atoms with Gasteiger partial charge in [0.2, 0.25) is 0 Å². The van der Waals surface area contributed by atoms with Crippen LogP contribution in [0.1, 0.15) is 39.0 Å². The summed E-state index contributed by atoms with van der Waals surface area (Å²) < 4.78 is 25.3. The summed E-state index contributed by atoms with van der Waals surface area (Å²) in [6.07, 6.45) is -0.598. The van der Waals surface area contributed by atoms with Crippen LogP contribution in [0.2, 0.25) is 5.02 Å². The fraction of sp³-hybridized carbons (Fsp3) is 0.368. The largest absolute Gasteiger partial charge is 0.508 e. The number of nitrogens with one attached hydrogen (secondary N) is 1. The molecule has 0 bridgehead atoms. The van der Waals surface area contributed by atoms with Crippen LogP contribution in [0.25, 0.3) is 0 Å². The number of phenolic OH excluding ortho intramolecular Hbond substituents is 1. The lowest BCUT2D eigenvalue weighted by atomic mass is 10.2. The third-order valence-corrected chi connectivity index (χ3v) is 6.23. The molecule has 1 atom stereocenters. The Morgan fingerprint density at radius 1 is 0.962 bits per heavy atom. The topological polar surface area (TPSA) is 67.8 Å². The Kier molecular flexibility index (Phi) is 7.13. The highest BCUT2D eigenvalue weighted by atomic mass is 35.5. The third-order valence-electron chi connectivity index (χ3n) is 3.41. The lowest BCUT2D eigenvalue weighted by molar-refractivity contribution is 0.138. The average Bonchev–Trinajstić information content (AvgIpc) is 2.53. The second-order valence-corrected chi connectivity index (χ2v) is 8.89. The molecule has 0 aliphatic heterocycles. The minimum Gasteiger partial charge on any atom is -0.508 e. The first-order valence-electron chi connectivity index (χ1n) is 8.48. The van der Waals surface area contributed by atoms with Crippen molar-refractivity contribution in [2.45, 2.75) is 45.7 Å². The molecule has 0 aliphatic rings. The molecule has 0 heterocycles. The third kappa shape index (κ3) is 5.49. The Labute approximate surface area is 159 Å². The van der Waals surface area contributed by atoms with Crippen molar-refractivity contribution in [1.82, 2.24) is 0 Å². The average molecular weight is 398 g/mol. The number of para-hydroxylation sites is 1. The van der Waals surface area contributed by atoms with E-state index in [0.29, 0.717) is 16.3 Å². The normalized spacial score (nSPS) is 13.2. The van der Waals surface area contributed by atoms with Gasteiger partial charge in [-0.2, -0.15) is 0 Å². The highest BCUT2D eigenvalue weighted by Crippen LogP contribution is 2.62. The molecule has 0 fully saturated rings. The van der Waals surface area contributed by atoms with Crippen molar-refractivity contribution in [2.24, 2.45) is 0 Å². The summed E-state index contributed by atoms with van der Waals surface area (Å²) in [5.41, 5.74) is 1.28. The number of phenols is 1. The molecule has 26 heavy (non-hydrogen) atoms. The molecular formula is C19H25ClNO4P. The summed E-state index contributed by atoms with van der Waals surface area (Å²) in [5, 5.41) is 13.3. The van der Waals surface area contributed by atoms with Crippen molar-refractivity contribution in [1.29, 1.82) is 0 Å². The minimum atomic E-state index is -3.62. The van der Waals surface area contributed by atoms with Gasteiger partial charge in [-0.05, 0) is 57.5 Å². The van der Waals surface area contributed by atoms with Gasteiger partial charge in [-0.1, -0.05) is 35.9 Å². The predicted octanol–water partition coefficient (Wildman–Crippen LogP) is 6.20. The monoisotopic (exact) mass is 397 g/mol. The molecule has 0 aliphatic carbocycles. The lowest BCUT2D eigenvalue weighted by Crippen LogP contribution is -2.19. The fourth-order valence-electron chi connectivity index (χ4n) is 2.46. The van der Waals surface area contributed by atoms with Crippen LogP contribution in [0.5, 0.6) is 5.75 Å². The molecule has 2 rings (SSSR count). The Morgan fingerprint density at radius 2 is 1.50 bits per heavy atom. The van der Waals surface area contributed by atoms with E-state index < -0.39 is 13.4 Å². The summed E-state index contributed by atoms with van der Waals surface area (Å²) >= 11 is 6.27. The van der Waals surface area contributed by atoms with Gasteiger partial charge in [-0.3, -0.25) is 4.57 Å². The molecule has 2 aromatic carbocycles. The Morgan fingerprint density at radius 3 is 2.00 bits per heavy atom. The van der Waals surface area contributed by atoms with Crippen molar-refractivity contribution in [3.63, 3.8) is 0 Å². The van der Waals surface area contributed by atoms with Gasteiger partial charge in [0.1, 0.15) is 5.75 Å². The van der Waals surface area contributed by atoms with Gasteiger partial charge < -0.3 is 19.5 Å².